The lowest BCUT2D eigenvalue weighted by Gasteiger charge is -2.06. The summed E-state index contributed by atoms with van der Waals surface area (Å²) in [5.74, 6) is 0.166. The number of anilines is 1. The molecule has 0 atom stereocenters. The number of nitrogens with zero attached hydrogens (tertiary/aromatic N) is 3. The number of nitrogens with one attached hydrogen (secondary N) is 1. The Morgan fingerprint density at radius 2 is 1.74 bits per heavy atom. The number of aromatic amines is 1. The summed E-state index contributed by atoms with van der Waals surface area (Å²) >= 11 is 0. The molecule has 94 valence electrons. The van der Waals surface area contributed by atoms with E-state index in [1.165, 1.54) is 12.1 Å². The highest BCUT2D eigenvalue weighted by Gasteiger charge is 2.09. The monoisotopic (exact) mass is 255 g/mol. The molecule has 6 heteroatoms. The molecular weight excluding hydrogens is 245 g/mol. The lowest BCUT2D eigenvalue weighted by molar-refractivity contribution is 0.628. The van der Waals surface area contributed by atoms with Crippen LogP contribution in [0.1, 0.15) is 0 Å². The molecule has 0 bridgehead atoms. The average molecular weight is 255 g/mol. The summed E-state index contributed by atoms with van der Waals surface area (Å²) in [4.78, 5) is 0. The third-order valence-corrected chi connectivity index (χ3v) is 2.82. The van der Waals surface area contributed by atoms with Gasteiger partial charge >= 0.3 is 0 Å². The third-order valence-electron chi connectivity index (χ3n) is 2.82. The van der Waals surface area contributed by atoms with Crippen molar-refractivity contribution in [2.45, 2.75) is 0 Å². The molecule has 1 heterocycles. The van der Waals surface area contributed by atoms with Crippen molar-refractivity contribution in [1.29, 1.82) is 0 Å². The topological polar surface area (TPSA) is 80.5 Å². The van der Waals surface area contributed by atoms with Gasteiger partial charge in [-0.3, -0.25) is 0 Å². The molecule has 0 radical (unpaired) electrons. The van der Waals surface area contributed by atoms with Gasteiger partial charge in [-0.25, -0.2) is 4.39 Å². The van der Waals surface area contributed by atoms with Gasteiger partial charge in [0.2, 0.25) is 5.82 Å². The van der Waals surface area contributed by atoms with Crippen molar-refractivity contribution in [3.63, 3.8) is 0 Å². The summed E-state index contributed by atoms with van der Waals surface area (Å²) in [6.07, 6.45) is 0. The Hall–Kier alpha value is -2.76. The first-order valence-corrected chi connectivity index (χ1v) is 5.63. The molecule has 3 N–H and O–H groups in total. The van der Waals surface area contributed by atoms with E-state index in [1.807, 2.05) is 12.1 Å². The van der Waals surface area contributed by atoms with Gasteiger partial charge in [0, 0.05) is 11.3 Å². The van der Waals surface area contributed by atoms with E-state index in [4.69, 9.17) is 5.73 Å². The minimum absolute atomic E-state index is 0.266. The summed E-state index contributed by atoms with van der Waals surface area (Å²) in [6, 6.07) is 11.7. The number of halogens is 1. The van der Waals surface area contributed by atoms with Crippen LogP contribution in [0.4, 0.5) is 10.1 Å². The maximum absolute atomic E-state index is 12.9. The molecule has 0 unspecified atom stereocenters. The fourth-order valence-corrected chi connectivity index (χ4v) is 1.85. The summed E-state index contributed by atoms with van der Waals surface area (Å²) in [7, 11) is 0. The smallest absolute Gasteiger partial charge is 0.206 e. The number of hydrogen-bond donors (Lipinski definition) is 2. The molecule has 19 heavy (non-hydrogen) atoms. The van der Waals surface area contributed by atoms with Gasteiger partial charge in [-0.15, -0.1) is 10.2 Å². The number of tetrazole rings is 1. The van der Waals surface area contributed by atoms with Crippen molar-refractivity contribution in [2.75, 3.05) is 5.73 Å². The molecule has 5 nitrogen and oxygen atoms in total. The summed E-state index contributed by atoms with van der Waals surface area (Å²) in [5.41, 5.74) is 8.96. The number of nitrogen functional groups attached to an aromatic ring is 1. The SMILES string of the molecule is Nc1ccc(-c2ccc(F)cc2)cc1-c1nn[nH]n1. The minimum atomic E-state index is -0.266. The zero-order valence-corrected chi connectivity index (χ0v) is 9.84. The zero-order chi connectivity index (χ0) is 13.2. The molecule has 3 rings (SSSR count). The molecule has 0 spiro atoms. The first kappa shape index (κ1) is 11.3. The normalized spacial score (nSPS) is 10.6. The van der Waals surface area contributed by atoms with E-state index in [2.05, 4.69) is 20.6 Å². The second-order valence-corrected chi connectivity index (χ2v) is 4.04. The quantitative estimate of drug-likeness (QED) is 0.688. The molecule has 0 saturated carbocycles. The van der Waals surface area contributed by atoms with Crippen molar-refractivity contribution in [3.05, 3.63) is 48.3 Å². The number of nitrogens with two attached hydrogens (primary N) is 1. The number of H-pyrrole nitrogens is 1. The van der Waals surface area contributed by atoms with Crippen LogP contribution in [0, 0.1) is 5.82 Å². The molecule has 0 aliphatic heterocycles. The minimum Gasteiger partial charge on any atom is -0.398 e. The van der Waals surface area contributed by atoms with Crippen molar-refractivity contribution >= 4 is 5.69 Å². The van der Waals surface area contributed by atoms with Crippen molar-refractivity contribution in [3.8, 4) is 22.5 Å². The van der Waals surface area contributed by atoms with Gasteiger partial charge in [-0.2, -0.15) is 5.21 Å². The number of aromatic nitrogens is 4. The lowest BCUT2D eigenvalue weighted by Crippen LogP contribution is -1.92. The first-order chi connectivity index (χ1) is 9.24. The van der Waals surface area contributed by atoms with Crippen LogP contribution in [-0.2, 0) is 0 Å². The Balaban J connectivity index is 2.09. The predicted molar refractivity (Wildman–Crippen MR) is 69.4 cm³/mol. The highest BCUT2D eigenvalue weighted by Crippen LogP contribution is 2.28. The zero-order valence-electron chi connectivity index (χ0n) is 9.84. The number of rotatable bonds is 2. The Bertz CT molecular complexity index is 692. The van der Waals surface area contributed by atoms with E-state index in [1.54, 1.807) is 18.2 Å². The van der Waals surface area contributed by atoms with Gasteiger partial charge in [-0.05, 0) is 40.6 Å². The van der Waals surface area contributed by atoms with Crippen LogP contribution >= 0.6 is 0 Å². The fraction of sp³-hybridized carbons (Fsp3) is 0. The van der Waals surface area contributed by atoms with Crippen LogP contribution in [0.3, 0.4) is 0 Å². The third kappa shape index (κ3) is 2.15. The van der Waals surface area contributed by atoms with E-state index in [-0.39, 0.29) is 5.82 Å². The summed E-state index contributed by atoms with van der Waals surface area (Å²) in [5, 5.41) is 13.7. The molecule has 0 aliphatic rings. The highest BCUT2D eigenvalue weighted by molar-refractivity contribution is 5.78. The lowest BCUT2D eigenvalue weighted by atomic mass is 10.0. The highest BCUT2D eigenvalue weighted by atomic mass is 19.1. The van der Waals surface area contributed by atoms with Crippen LogP contribution in [-0.4, -0.2) is 20.6 Å². The molecule has 1 aromatic heterocycles. The van der Waals surface area contributed by atoms with Crippen molar-refractivity contribution in [1.82, 2.24) is 20.6 Å². The van der Waals surface area contributed by atoms with Crippen LogP contribution in [0.2, 0.25) is 0 Å². The van der Waals surface area contributed by atoms with Gasteiger partial charge in [0.05, 0.1) is 0 Å². The fourth-order valence-electron chi connectivity index (χ4n) is 1.85. The predicted octanol–water partition coefficient (Wildman–Crippen LogP) is 2.25. The Labute approximate surface area is 108 Å². The van der Waals surface area contributed by atoms with E-state index < -0.39 is 0 Å². The van der Waals surface area contributed by atoms with Gasteiger partial charge in [-0.1, -0.05) is 18.2 Å². The van der Waals surface area contributed by atoms with E-state index in [0.29, 0.717) is 17.1 Å². The van der Waals surface area contributed by atoms with Crippen LogP contribution < -0.4 is 5.73 Å². The Morgan fingerprint density at radius 3 is 2.42 bits per heavy atom. The standard InChI is InChI=1S/C13H10FN5/c14-10-4-1-8(2-5-10)9-3-6-12(15)11(7-9)13-16-18-19-17-13/h1-7H,15H2,(H,16,17,18,19). The maximum atomic E-state index is 12.9. The molecule has 0 amide bonds. The van der Waals surface area contributed by atoms with Gasteiger partial charge in [0.15, 0.2) is 0 Å². The number of benzene rings is 2. The van der Waals surface area contributed by atoms with Crippen molar-refractivity contribution < 1.29 is 4.39 Å². The Kier molecular flexibility index (Phi) is 2.68. The van der Waals surface area contributed by atoms with Crippen molar-refractivity contribution in [2.24, 2.45) is 0 Å². The number of hydrogen-bond acceptors (Lipinski definition) is 4. The van der Waals surface area contributed by atoms with E-state index >= 15 is 0 Å². The molecule has 2 aromatic carbocycles. The van der Waals surface area contributed by atoms with Gasteiger partial charge < -0.3 is 5.73 Å². The molecule has 3 aromatic rings. The van der Waals surface area contributed by atoms with Gasteiger partial charge in [0.1, 0.15) is 5.82 Å². The first-order valence-electron chi connectivity index (χ1n) is 5.63. The Morgan fingerprint density at radius 1 is 1.00 bits per heavy atom. The van der Waals surface area contributed by atoms with Crippen LogP contribution in [0.5, 0.6) is 0 Å². The second-order valence-electron chi connectivity index (χ2n) is 4.04. The van der Waals surface area contributed by atoms with Crippen LogP contribution in [0.25, 0.3) is 22.5 Å². The van der Waals surface area contributed by atoms with E-state index in [0.717, 1.165) is 11.1 Å². The second kappa shape index (κ2) is 4.49. The maximum Gasteiger partial charge on any atom is 0.206 e. The van der Waals surface area contributed by atoms with Gasteiger partial charge in [0.25, 0.3) is 0 Å². The molecule has 0 saturated heterocycles. The summed E-state index contributed by atoms with van der Waals surface area (Å²) < 4.78 is 12.9. The van der Waals surface area contributed by atoms with Crippen LogP contribution in [0.15, 0.2) is 42.5 Å². The molecular formula is C13H10FN5. The van der Waals surface area contributed by atoms with E-state index in [9.17, 15) is 4.39 Å². The largest absolute Gasteiger partial charge is 0.398 e. The molecule has 0 aliphatic carbocycles. The molecule has 0 fully saturated rings. The average Bonchev–Trinajstić information content (AvgIpc) is 2.94. The summed E-state index contributed by atoms with van der Waals surface area (Å²) in [6.45, 7) is 0.